The van der Waals surface area contributed by atoms with E-state index in [0.29, 0.717) is 0 Å². The van der Waals surface area contributed by atoms with Crippen molar-refractivity contribution in [2.24, 2.45) is 0 Å². The van der Waals surface area contributed by atoms with Gasteiger partial charge in [-0.2, -0.15) is 9.98 Å². The lowest BCUT2D eigenvalue weighted by Crippen LogP contribution is -2.42. The van der Waals surface area contributed by atoms with Gasteiger partial charge >= 0.3 is 11.9 Å². The van der Waals surface area contributed by atoms with E-state index in [0.717, 1.165) is 18.2 Å². The number of halogens is 1. The summed E-state index contributed by atoms with van der Waals surface area (Å²) in [5.74, 6) is -3.09. The van der Waals surface area contributed by atoms with Crippen LogP contribution in [-0.2, 0) is 19.6 Å². The van der Waals surface area contributed by atoms with E-state index in [1.807, 2.05) is 0 Å². The van der Waals surface area contributed by atoms with Gasteiger partial charge in [-0.3, -0.25) is 9.59 Å². The molecule has 1 aromatic rings. The van der Waals surface area contributed by atoms with Crippen molar-refractivity contribution in [3.8, 4) is 6.07 Å². The van der Waals surface area contributed by atoms with Crippen LogP contribution in [0.5, 0.6) is 0 Å². The summed E-state index contributed by atoms with van der Waals surface area (Å²) in [6.45, 7) is 0. The topological polar surface area (TPSA) is 145 Å². The number of nitriles is 1. The predicted molar refractivity (Wildman–Crippen MR) is 70.2 cm³/mol. The fourth-order valence-electron chi connectivity index (χ4n) is 1.36. The van der Waals surface area contributed by atoms with Gasteiger partial charge in [0.2, 0.25) is 10.0 Å². The first-order chi connectivity index (χ1) is 9.67. The molecule has 8 nitrogen and oxygen atoms in total. The Bertz CT molecular complexity index is 725. The SMILES string of the molecule is N#Cc1ccc(S(=O)(=O)NC(CC(=O)O)C(=O)O)cc1Cl. The van der Waals surface area contributed by atoms with Crippen LogP contribution < -0.4 is 4.72 Å². The van der Waals surface area contributed by atoms with Gasteiger partial charge in [0.15, 0.2) is 0 Å². The summed E-state index contributed by atoms with van der Waals surface area (Å²) in [7, 11) is -4.29. The van der Waals surface area contributed by atoms with Gasteiger partial charge in [0.1, 0.15) is 12.1 Å². The maximum Gasteiger partial charge on any atom is 0.322 e. The summed E-state index contributed by atoms with van der Waals surface area (Å²) in [4.78, 5) is 21.0. The molecule has 21 heavy (non-hydrogen) atoms. The molecule has 0 saturated heterocycles. The first kappa shape index (κ1) is 16.9. The van der Waals surface area contributed by atoms with Crippen LogP contribution in [0.4, 0.5) is 0 Å². The van der Waals surface area contributed by atoms with Gasteiger partial charge in [0.05, 0.1) is 21.9 Å². The Hall–Kier alpha value is -2.15. The van der Waals surface area contributed by atoms with Gasteiger partial charge < -0.3 is 10.2 Å². The Morgan fingerprint density at radius 2 is 2.00 bits per heavy atom. The lowest BCUT2D eigenvalue weighted by Gasteiger charge is -2.13. The zero-order valence-corrected chi connectivity index (χ0v) is 11.8. The number of carboxylic acids is 2. The smallest absolute Gasteiger partial charge is 0.322 e. The van der Waals surface area contributed by atoms with Crippen molar-refractivity contribution < 1.29 is 28.2 Å². The maximum atomic E-state index is 12.0. The molecule has 10 heteroatoms. The second kappa shape index (κ2) is 6.53. The monoisotopic (exact) mass is 332 g/mol. The van der Waals surface area contributed by atoms with E-state index in [9.17, 15) is 18.0 Å². The van der Waals surface area contributed by atoms with Crippen LogP contribution in [0.25, 0.3) is 0 Å². The minimum absolute atomic E-state index is 0.0518. The van der Waals surface area contributed by atoms with Crippen molar-refractivity contribution >= 4 is 33.6 Å². The number of sulfonamides is 1. The van der Waals surface area contributed by atoms with E-state index in [-0.39, 0.29) is 15.5 Å². The Kier molecular flexibility index (Phi) is 5.26. The Balaban J connectivity index is 3.10. The van der Waals surface area contributed by atoms with E-state index < -0.39 is 34.4 Å². The molecule has 0 aliphatic carbocycles. The highest BCUT2D eigenvalue weighted by atomic mass is 35.5. The number of aliphatic carboxylic acids is 2. The van der Waals surface area contributed by atoms with Gasteiger partial charge in [-0.05, 0) is 18.2 Å². The minimum Gasteiger partial charge on any atom is -0.481 e. The van der Waals surface area contributed by atoms with E-state index in [1.54, 1.807) is 10.8 Å². The molecule has 0 aromatic heterocycles. The van der Waals surface area contributed by atoms with Crippen LogP contribution in [0, 0.1) is 11.3 Å². The molecule has 1 rings (SSSR count). The number of carbonyl (C=O) groups is 2. The molecule has 1 unspecified atom stereocenters. The summed E-state index contributed by atoms with van der Waals surface area (Å²) >= 11 is 5.69. The Labute approximate surface area is 124 Å². The fourth-order valence-corrected chi connectivity index (χ4v) is 2.87. The second-order valence-electron chi connectivity index (χ2n) is 3.86. The van der Waals surface area contributed by atoms with E-state index in [4.69, 9.17) is 27.1 Å². The molecule has 0 aliphatic rings. The van der Waals surface area contributed by atoms with Crippen LogP contribution in [0.2, 0.25) is 5.02 Å². The molecule has 1 aromatic carbocycles. The van der Waals surface area contributed by atoms with Crippen molar-refractivity contribution in [2.75, 3.05) is 0 Å². The summed E-state index contributed by atoms with van der Waals surface area (Å²) < 4.78 is 25.7. The zero-order chi connectivity index (χ0) is 16.2. The van der Waals surface area contributed by atoms with Gasteiger partial charge in [-0.15, -0.1) is 0 Å². The van der Waals surface area contributed by atoms with Crippen molar-refractivity contribution in [1.29, 1.82) is 5.26 Å². The largest absolute Gasteiger partial charge is 0.481 e. The van der Waals surface area contributed by atoms with Gasteiger partial charge in [-0.25, -0.2) is 8.42 Å². The van der Waals surface area contributed by atoms with Crippen molar-refractivity contribution in [3.63, 3.8) is 0 Å². The minimum atomic E-state index is -4.29. The average molecular weight is 333 g/mol. The molecule has 0 amide bonds. The molecule has 0 saturated carbocycles. The average Bonchev–Trinajstić information content (AvgIpc) is 2.36. The van der Waals surface area contributed by atoms with Crippen LogP contribution in [0.1, 0.15) is 12.0 Å². The summed E-state index contributed by atoms with van der Waals surface area (Å²) in [6.07, 6.45) is -0.918. The molecule has 0 radical (unpaired) electrons. The van der Waals surface area contributed by atoms with Crippen LogP contribution in [-0.4, -0.2) is 36.6 Å². The van der Waals surface area contributed by atoms with Crippen LogP contribution >= 0.6 is 11.6 Å². The van der Waals surface area contributed by atoms with Crippen molar-refractivity contribution in [3.05, 3.63) is 28.8 Å². The summed E-state index contributed by atoms with van der Waals surface area (Å²) in [6, 6.07) is 3.12. The number of hydrogen-bond donors (Lipinski definition) is 3. The van der Waals surface area contributed by atoms with Gasteiger partial charge in [0.25, 0.3) is 0 Å². The van der Waals surface area contributed by atoms with Crippen LogP contribution in [0.3, 0.4) is 0 Å². The lowest BCUT2D eigenvalue weighted by atomic mass is 10.2. The number of nitrogens with zero attached hydrogens (tertiary/aromatic N) is 1. The Morgan fingerprint density at radius 3 is 2.43 bits per heavy atom. The predicted octanol–water partition coefficient (Wildman–Crippen LogP) is 0.418. The molecule has 0 aliphatic heterocycles. The second-order valence-corrected chi connectivity index (χ2v) is 5.98. The molecular weight excluding hydrogens is 324 g/mol. The molecule has 3 N–H and O–H groups in total. The highest BCUT2D eigenvalue weighted by Crippen LogP contribution is 2.20. The van der Waals surface area contributed by atoms with Gasteiger partial charge in [-0.1, -0.05) is 11.6 Å². The number of hydrogen-bond acceptors (Lipinski definition) is 5. The third-order valence-electron chi connectivity index (χ3n) is 2.35. The third-order valence-corrected chi connectivity index (χ3v) is 4.13. The highest BCUT2D eigenvalue weighted by Gasteiger charge is 2.27. The number of rotatable bonds is 6. The van der Waals surface area contributed by atoms with E-state index in [2.05, 4.69) is 0 Å². The first-order valence-corrected chi connectivity index (χ1v) is 7.20. The lowest BCUT2D eigenvalue weighted by molar-refractivity contribution is -0.145. The Morgan fingerprint density at radius 1 is 1.38 bits per heavy atom. The van der Waals surface area contributed by atoms with Crippen LogP contribution in [0.15, 0.2) is 23.1 Å². The van der Waals surface area contributed by atoms with Crippen molar-refractivity contribution in [2.45, 2.75) is 17.4 Å². The number of benzene rings is 1. The van der Waals surface area contributed by atoms with Gasteiger partial charge in [0, 0.05) is 0 Å². The standard InChI is InChI=1S/C11H9ClN2O6S/c12-8-3-7(2-1-6(8)5-13)21(19,20)14-9(11(17)18)4-10(15)16/h1-3,9,14H,4H2,(H,15,16)(H,17,18). The molecule has 0 spiro atoms. The normalized spacial score (nSPS) is 12.4. The molecular formula is C11H9ClN2O6S. The third kappa shape index (κ3) is 4.42. The maximum absolute atomic E-state index is 12.0. The van der Waals surface area contributed by atoms with Crippen molar-refractivity contribution in [1.82, 2.24) is 4.72 Å². The highest BCUT2D eigenvalue weighted by molar-refractivity contribution is 7.89. The quantitative estimate of drug-likeness (QED) is 0.684. The summed E-state index contributed by atoms with van der Waals surface area (Å²) in [5, 5.41) is 25.9. The fraction of sp³-hybridized carbons (Fsp3) is 0.182. The number of nitrogens with one attached hydrogen (secondary N) is 1. The molecule has 1 atom stereocenters. The zero-order valence-electron chi connectivity index (χ0n) is 10.3. The van der Waals surface area contributed by atoms with E-state index in [1.165, 1.54) is 0 Å². The molecule has 0 fully saturated rings. The summed E-state index contributed by atoms with van der Waals surface area (Å²) in [5.41, 5.74) is 0.0518. The van der Waals surface area contributed by atoms with E-state index >= 15 is 0 Å². The molecule has 112 valence electrons. The first-order valence-electron chi connectivity index (χ1n) is 5.34. The molecule has 0 bridgehead atoms. The number of carboxylic acid groups (broad SMARTS) is 2. The molecule has 0 heterocycles.